The van der Waals surface area contributed by atoms with Crippen molar-refractivity contribution in [2.24, 2.45) is 5.73 Å². The Hall–Kier alpha value is -2.13. The SMILES string of the molecule is Cc1ccc(-c2ccc(CN)cc2C(=O)O)cc1. The first kappa shape index (κ1) is 12.3. The van der Waals surface area contributed by atoms with E-state index >= 15 is 0 Å². The van der Waals surface area contributed by atoms with Crippen LogP contribution >= 0.6 is 0 Å². The minimum Gasteiger partial charge on any atom is -0.478 e. The molecule has 0 unspecified atom stereocenters. The van der Waals surface area contributed by atoms with Crippen molar-refractivity contribution in [2.75, 3.05) is 0 Å². The van der Waals surface area contributed by atoms with Crippen LogP contribution < -0.4 is 5.73 Å². The highest BCUT2D eigenvalue weighted by atomic mass is 16.4. The molecule has 0 saturated heterocycles. The third-order valence-corrected chi connectivity index (χ3v) is 2.91. The molecule has 2 rings (SSSR count). The van der Waals surface area contributed by atoms with Gasteiger partial charge in [-0.3, -0.25) is 0 Å². The highest BCUT2D eigenvalue weighted by molar-refractivity contribution is 5.96. The van der Waals surface area contributed by atoms with Crippen molar-refractivity contribution in [1.82, 2.24) is 0 Å². The summed E-state index contributed by atoms with van der Waals surface area (Å²) < 4.78 is 0. The van der Waals surface area contributed by atoms with Gasteiger partial charge < -0.3 is 10.8 Å². The van der Waals surface area contributed by atoms with E-state index in [0.29, 0.717) is 12.1 Å². The highest BCUT2D eigenvalue weighted by Gasteiger charge is 2.12. The summed E-state index contributed by atoms with van der Waals surface area (Å²) in [6, 6.07) is 13.1. The lowest BCUT2D eigenvalue weighted by Crippen LogP contribution is -2.03. The van der Waals surface area contributed by atoms with Crippen LogP contribution in [0.15, 0.2) is 42.5 Å². The van der Waals surface area contributed by atoms with E-state index < -0.39 is 5.97 Å². The smallest absolute Gasteiger partial charge is 0.336 e. The van der Waals surface area contributed by atoms with Crippen LogP contribution in [0.2, 0.25) is 0 Å². The second-order valence-corrected chi connectivity index (χ2v) is 4.26. The molecule has 0 heterocycles. The van der Waals surface area contributed by atoms with Crippen molar-refractivity contribution in [3.63, 3.8) is 0 Å². The molecule has 0 spiro atoms. The van der Waals surface area contributed by atoms with Crippen LogP contribution in [0.3, 0.4) is 0 Å². The van der Waals surface area contributed by atoms with Crippen LogP contribution in [0.4, 0.5) is 0 Å². The maximum absolute atomic E-state index is 11.3. The van der Waals surface area contributed by atoms with Gasteiger partial charge in [0, 0.05) is 6.54 Å². The number of carboxylic acid groups (broad SMARTS) is 1. The number of nitrogens with two attached hydrogens (primary N) is 1. The molecule has 3 N–H and O–H groups in total. The van der Waals surface area contributed by atoms with Gasteiger partial charge in [0.1, 0.15) is 0 Å². The minimum atomic E-state index is -0.930. The van der Waals surface area contributed by atoms with Gasteiger partial charge in [-0.25, -0.2) is 4.79 Å². The fourth-order valence-corrected chi connectivity index (χ4v) is 1.88. The van der Waals surface area contributed by atoms with Crippen molar-refractivity contribution in [3.8, 4) is 11.1 Å². The molecule has 0 radical (unpaired) electrons. The van der Waals surface area contributed by atoms with Crippen LogP contribution in [-0.4, -0.2) is 11.1 Å². The molecule has 0 fully saturated rings. The van der Waals surface area contributed by atoms with Crippen molar-refractivity contribution in [1.29, 1.82) is 0 Å². The van der Waals surface area contributed by atoms with Crippen LogP contribution in [0.1, 0.15) is 21.5 Å². The fraction of sp³-hybridized carbons (Fsp3) is 0.133. The lowest BCUT2D eigenvalue weighted by molar-refractivity contribution is 0.0697. The molecule has 0 amide bonds. The number of aromatic carboxylic acids is 1. The average Bonchev–Trinajstić information content (AvgIpc) is 2.39. The molecule has 18 heavy (non-hydrogen) atoms. The molecule has 92 valence electrons. The van der Waals surface area contributed by atoms with Crippen LogP contribution in [0, 0.1) is 6.92 Å². The maximum Gasteiger partial charge on any atom is 0.336 e. The zero-order chi connectivity index (χ0) is 13.1. The van der Waals surface area contributed by atoms with Gasteiger partial charge in [-0.1, -0.05) is 42.0 Å². The third-order valence-electron chi connectivity index (χ3n) is 2.91. The largest absolute Gasteiger partial charge is 0.478 e. The minimum absolute atomic E-state index is 0.293. The van der Waals surface area contributed by atoms with E-state index in [4.69, 9.17) is 5.73 Å². The average molecular weight is 241 g/mol. The Kier molecular flexibility index (Phi) is 3.44. The van der Waals surface area contributed by atoms with Crippen molar-refractivity contribution >= 4 is 5.97 Å². The zero-order valence-corrected chi connectivity index (χ0v) is 10.2. The monoisotopic (exact) mass is 241 g/mol. The summed E-state index contributed by atoms with van der Waals surface area (Å²) in [6.07, 6.45) is 0. The van der Waals surface area contributed by atoms with Crippen LogP contribution in [0.25, 0.3) is 11.1 Å². The number of carboxylic acids is 1. The second-order valence-electron chi connectivity index (χ2n) is 4.26. The molecule has 0 aromatic heterocycles. The molecule has 2 aromatic rings. The zero-order valence-electron chi connectivity index (χ0n) is 10.2. The summed E-state index contributed by atoms with van der Waals surface area (Å²) >= 11 is 0. The first-order valence-electron chi connectivity index (χ1n) is 5.75. The van der Waals surface area contributed by atoms with Gasteiger partial charge in [0.2, 0.25) is 0 Å². The Morgan fingerprint density at radius 3 is 2.39 bits per heavy atom. The van der Waals surface area contributed by atoms with Gasteiger partial charge in [0.05, 0.1) is 5.56 Å². The molecule has 0 aliphatic rings. The van der Waals surface area contributed by atoms with Crippen molar-refractivity contribution < 1.29 is 9.90 Å². The molecule has 0 bridgehead atoms. The lowest BCUT2D eigenvalue weighted by atomic mass is 9.97. The number of rotatable bonds is 3. The van der Waals surface area contributed by atoms with Gasteiger partial charge in [-0.05, 0) is 29.7 Å². The molecule has 0 saturated carbocycles. The summed E-state index contributed by atoms with van der Waals surface area (Å²) in [6.45, 7) is 2.34. The molecule has 2 aromatic carbocycles. The first-order chi connectivity index (χ1) is 8.61. The summed E-state index contributed by atoms with van der Waals surface area (Å²) in [5.41, 5.74) is 9.42. The van der Waals surface area contributed by atoms with E-state index in [-0.39, 0.29) is 0 Å². The number of benzene rings is 2. The Morgan fingerprint density at radius 2 is 1.83 bits per heavy atom. The van der Waals surface area contributed by atoms with Crippen LogP contribution in [-0.2, 0) is 6.54 Å². The number of hydrogen-bond donors (Lipinski definition) is 2. The number of hydrogen-bond acceptors (Lipinski definition) is 2. The lowest BCUT2D eigenvalue weighted by Gasteiger charge is -2.08. The normalized spacial score (nSPS) is 10.3. The second kappa shape index (κ2) is 5.02. The van der Waals surface area contributed by atoms with Gasteiger partial charge >= 0.3 is 5.97 Å². The van der Waals surface area contributed by atoms with Crippen molar-refractivity contribution in [2.45, 2.75) is 13.5 Å². The highest BCUT2D eigenvalue weighted by Crippen LogP contribution is 2.25. The number of aryl methyl sites for hydroxylation is 1. The standard InChI is InChI=1S/C15H15NO2/c1-10-2-5-12(6-3-10)13-7-4-11(9-16)8-14(13)15(17)18/h2-8H,9,16H2,1H3,(H,17,18). The molecule has 3 nitrogen and oxygen atoms in total. The Balaban J connectivity index is 2.56. The van der Waals surface area contributed by atoms with Crippen molar-refractivity contribution in [3.05, 3.63) is 59.2 Å². The molecule has 0 aliphatic heterocycles. The summed E-state index contributed by atoms with van der Waals surface area (Å²) in [7, 11) is 0. The van der Waals surface area contributed by atoms with E-state index in [1.165, 1.54) is 0 Å². The quantitative estimate of drug-likeness (QED) is 0.868. The molecule has 0 atom stereocenters. The summed E-state index contributed by atoms with van der Waals surface area (Å²) in [4.78, 5) is 11.3. The Morgan fingerprint density at radius 1 is 1.17 bits per heavy atom. The topological polar surface area (TPSA) is 63.3 Å². The predicted octanol–water partition coefficient (Wildman–Crippen LogP) is 2.82. The van der Waals surface area contributed by atoms with E-state index in [0.717, 1.165) is 22.3 Å². The van der Waals surface area contributed by atoms with Gasteiger partial charge in [0.25, 0.3) is 0 Å². The summed E-state index contributed by atoms with van der Waals surface area (Å²) in [5, 5.41) is 9.26. The predicted molar refractivity (Wildman–Crippen MR) is 71.5 cm³/mol. The van der Waals surface area contributed by atoms with Crippen LogP contribution in [0.5, 0.6) is 0 Å². The number of carbonyl (C=O) groups is 1. The molecule has 3 heteroatoms. The van der Waals surface area contributed by atoms with Gasteiger partial charge in [-0.15, -0.1) is 0 Å². The van der Waals surface area contributed by atoms with Gasteiger partial charge in [-0.2, -0.15) is 0 Å². The molecule has 0 aliphatic carbocycles. The third kappa shape index (κ3) is 2.41. The van der Waals surface area contributed by atoms with E-state index in [2.05, 4.69) is 0 Å². The maximum atomic E-state index is 11.3. The van der Waals surface area contributed by atoms with Gasteiger partial charge in [0.15, 0.2) is 0 Å². The van der Waals surface area contributed by atoms with E-state index in [1.807, 2.05) is 43.3 Å². The Bertz CT molecular complexity index is 574. The van der Waals surface area contributed by atoms with E-state index in [1.54, 1.807) is 6.07 Å². The van der Waals surface area contributed by atoms with E-state index in [9.17, 15) is 9.90 Å². The fourth-order valence-electron chi connectivity index (χ4n) is 1.88. The molecular formula is C15H15NO2. The Labute approximate surface area is 106 Å². The molecular weight excluding hydrogens is 226 g/mol. The first-order valence-corrected chi connectivity index (χ1v) is 5.75. The summed E-state index contributed by atoms with van der Waals surface area (Å²) in [5.74, 6) is -0.930.